The maximum Gasteiger partial charge on any atom is 0.314 e. The minimum absolute atomic E-state index is 0.0501. The molecule has 3 saturated carbocycles. The molecule has 1 aromatic rings. The van der Waals surface area contributed by atoms with Gasteiger partial charge in [0.25, 0.3) is 0 Å². The second-order valence-electron chi connectivity index (χ2n) is 11.7. The van der Waals surface area contributed by atoms with Crippen LogP contribution >= 0.6 is 0 Å². The Kier molecular flexibility index (Phi) is 10.2. The van der Waals surface area contributed by atoms with E-state index in [0.29, 0.717) is 5.92 Å². The Morgan fingerprint density at radius 3 is 2.17 bits per heavy atom. The van der Waals surface area contributed by atoms with Gasteiger partial charge in [-0.05, 0) is 100 Å². The Bertz CT molecular complexity index is 872. The number of carbonyl (C=O) groups excluding carboxylic acids is 1. The van der Waals surface area contributed by atoms with Crippen LogP contribution in [0.15, 0.2) is 18.2 Å². The van der Waals surface area contributed by atoms with E-state index in [1.54, 1.807) is 6.07 Å². The quantitative estimate of drug-likeness (QED) is 0.256. The van der Waals surface area contributed by atoms with Crippen molar-refractivity contribution >= 4 is 5.97 Å². The molecule has 0 aromatic heterocycles. The zero-order valence-electron chi connectivity index (χ0n) is 22.1. The summed E-state index contributed by atoms with van der Waals surface area (Å²) < 4.78 is 25.5. The van der Waals surface area contributed by atoms with Gasteiger partial charge in [-0.15, -0.1) is 0 Å². The molecule has 3 aliphatic rings. The Balaban J connectivity index is 1.10. The van der Waals surface area contributed by atoms with Gasteiger partial charge in [0.2, 0.25) is 0 Å². The molecule has 5 heteroatoms. The lowest BCUT2D eigenvalue weighted by molar-refractivity contribution is -0.141. The number of benzene rings is 1. The monoisotopic (exact) mass is 497 g/mol. The molecule has 4 nitrogen and oxygen atoms in total. The number of esters is 1. The molecule has 0 N–H and O–H groups in total. The molecule has 0 radical (unpaired) electrons. The van der Waals surface area contributed by atoms with E-state index in [2.05, 4.69) is 6.92 Å². The third-order valence-corrected chi connectivity index (χ3v) is 9.27. The molecule has 0 spiro atoms. The minimum Gasteiger partial charge on any atom is -0.426 e. The second-order valence-corrected chi connectivity index (χ2v) is 11.7. The lowest BCUT2D eigenvalue weighted by Gasteiger charge is -2.38. The Labute approximate surface area is 216 Å². The minimum atomic E-state index is -0.663. The number of hydrogen-bond acceptors (Lipinski definition) is 4. The van der Waals surface area contributed by atoms with Gasteiger partial charge in [0.1, 0.15) is 17.6 Å². The molecule has 4 rings (SSSR count). The number of hydrogen-bond donors (Lipinski definition) is 0. The molecule has 0 heterocycles. The first-order chi connectivity index (χ1) is 17.6. The largest absolute Gasteiger partial charge is 0.426 e. The summed E-state index contributed by atoms with van der Waals surface area (Å²) >= 11 is 0. The van der Waals surface area contributed by atoms with Crippen molar-refractivity contribution < 1.29 is 18.7 Å². The van der Waals surface area contributed by atoms with Gasteiger partial charge in [-0.25, -0.2) is 4.39 Å². The molecule has 0 atom stereocenters. The summed E-state index contributed by atoms with van der Waals surface area (Å²) in [6.45, 7) is 3.17. The SMILES string of the molecule is CCCCC1CCC(C2CCC(COC3CCC(C(=O)Oc4ccc(C#N)c(F)c4)CC3)CC2)CC1. The van der Waals surface area contributed by atoms with E-state index < -0.39 is 5.82 Å². The van der Waals surface area contributed by atoms with Gasteiger partial charge in [-0.3, -0.25) is 4.79 Å². The number of nitrogens with zero attached hydrogens (tertiary/aromatic N) is 1. The zero-order chi connectivity index (χ0) is 25.3. The van der Waals surface area contributed by atoms with Crippen LogP contribution in [0.25, 0.3) is 0 Å². The van der Waals surface area contributed by atoms with Crippen LogP contribution in [0.3, 0.4) is 0 Å². The van der Waals surface area contributed by atoms with E-state index in [1.807, 2.05) is 0 Å². The van der Waals surface area contributed by atoms with Gasteiger partial charge in [0.05, 0.1) is 17.6 Å². The van der Waals surface area contributed by atoms with Gasteiger partial charge in [0.15, 0.2) is 0 Å². The number of carbonyl (C=O) groups is 1. The normalized spacial score (nSPS) is 30.9. The Morgan fingerprint density at radius 1 is 0.944 bits per heavy atom. The average molecular weight is 498 g/mol. The van der Waals surface area contributed by atoms with E-state index in [9.17, 15) is 9.18 Å². The van der Waals surface area contributed by atoms with Crippen LogP contribution in [0.2, 0.25) is 0 Å². The summed E-state index contributed by atoms with van der Waals surface area (Å²) in [6, 6.07) is 5.70. The summed E-state index contributed by atoms with van der Waals surface area (Å²) in [5.74, 6) is 2.63. The standard InChI is InChI=1S/C31H44FNO3/c1-2-3-4-22-5-9-24(10-6-22)25-11-7-23(8-12-25)21-35-28-16-13-26(14-17-28)31(34)36-29-18-15-27(20-33)30(32)19-29/h15,18-19,22-26,28H,2-14,16-17,21H2,1H3. The lowest BCUT2D eigenvalue weighted by atomic mass is 9.69. The maximum atomic E-state index is 13.8. The first kappa shape index (κ1) is 27.1. The molecule has 0 aliphatic heterocycles. The van der Waals surface area contributed by atoms with E-state index in [4.69, 9.17) is 14.7 Å². The van der Waals surface area contributed by atoms with E-state index in [-0.39, 0.29) is 29.3 Å². The van der Waals surface area contributed by atoms with Crippen LogP contribution in [0.5, 0.6) is 5.75 Å². The van der Waals surface area contributed by atoms with Crippen LogP contribution < -0.4 is 4.74 Å². The molecule has 0 amide bonds. The van der Waals surface area contributed by atoms with Crippen LogP contribution in [0.1, 0.15) is 109 Å². The highest BCUT2D eigenvalue weighted by Gasteiger charge is 2.32. The fourth-order valence-electron chi connectivity index (χ4n) is 6.85. The van der Waals surface area contributed by atoms with Crippen molar-refractivity contribution in [1.82, 2.24) is 0 Å². The Hall–Kier alpha value is -1.93. The fraction of sp³-hybridized carbons (Fsp3) is 0.742. The lowest BCUT2D eigenvalue weighted by Crippen LogP contribution is -2.31. The van der Waals surface area contributed by atoms with Crippen molar-refractivity contribution in [2.24, 2.45) is 29.6 Å². The average Bonchev–Trinajstić information content (AvgIpc) is 2.92. The van der Waals surface area contributed by atoms with Crippen molar-refractivity contribution in [2.75, 3.05) is 6.61 Å². The predicted molar refractivity (Wildman–Crippen MR) is 139 cm³/mol. The summed E-state index contributed by atoms with van der Waals surface area (Å²) in [4.78, 5) is 12.5. The maximum absolute atomic E-state index is 13.8. The number of unbranched alkanes of at least 4 members (excludes halogenated alkanes) is 1. The highest BCUT2D eigenvalue weighted by atomic mass is 19.1. The van der Waals surface area contributed by atoms with Gasteiger partial charge in [0, 0.05) is 12.7 Å². The van der Waals surface area contributed by atoms with Crippen LogP contribution in [0, 0.1) is 46.7 Å². The summed E-state index contributed by atoms with van der Waals surface area (Å²) in [6.07, 6.45) is 18.9. The van der Waals surface area contributed by atoms with Gasteiger partial charge >= 0.3 is 5.97 Å². The summed E-state index contributed by atoms with van der Waals surface area (Å²) in [5, 5.41) is 8.83. The first-order valence-corrected chi connectivity index (χ1v) is 14.6. The van der Waals surface area contributed by atoms with Crippen LogP contribution in [-0.4, -0.2) is 18.7 Å². The van der Waals surface area contributed by atoms with Crippen molar-refractivity contribution in [2.45, 2.75) is 109 Å². The third-order valence-electron chi connectivity index (χ3n) is 9.27. The molecular formula is C31H44FNO3. The van der Waals surface area contributed by atoms with Crippen molar-refractivity contribution in [1.29, 1.82) is 5.26 Å². The molecule has 198 valence electrons. The Morgan fingerprint density at radius 2 is 1.58 bits per heavy atom. The second kappa shape index (κ2) is 13.6. The third kappa shape index (κ3) is 7.54. The summed E-state index contributed by atoms with van der Waals surface area (Å²) in [5.41, 5.74) is -0.0501. The van der Waals surface area contributed by atoms with Gasteiger partial charge in [-0.2, -0.15) is 5.26 Å². The zero-order valence-corrected chi connectivity index (χ0v) is 22.1. The molecule has 3 fully saturated rings. The van der Waals surface area contributed by atoms with Gasteiger partial charge < -0.3 is 9.47 Å². The topological polar surface area (TPSA) is 59.3 Å². The highest BCUT2D eigenvalue weighted by molar-refractivity contribution is 5.75. The molecule has 36 heavy (non-hydrogen) atoms. The number of ether oxygens (including phenoxy) is 2. The molecule has 0 unspecified atom stereocenters. The molecule has 0 bridgehead atoms. The fourth-order valence-corrected chi connectivity index (χ4v) is 6.85. The van der Waals surface area contributed by atoms with Crippen molar-refractivity contribution in [3.05, 3.63) is 29.6 Å². The molecular weight excluding hydrogens is 453 g/mol. The number of halogens is 1. The van der Waals surface area contributed by atoms with E-state index in [0.717, 1.165) is 56.1 Å². The van der Waals surface area contributed by atoms with Gasteiger partial charge in [-0.1, -0.05) is 39.0 Å². The molecule has 1 aromatic carbocycles. The van der Waals surface area contributed by atoms with Crippen molar-refractivity contribution in [3.8, 4) is 11.8 Å². The number of rotatable bonds is 9. The smallest absolute Gasteiger partial charge is 0.314 e. The number of nitriles is 1. The van der Waals surface area contributed by atoms with Crippen molar-refractivity contribution in [3.63, 3.8) is 0 Å². The van der Waals surface area contributed by atoms with E-state index in [1.165, 1.54) is 82.8 Å². The predicted octanol–water partition coefficient (Wildman–Crippen LogP) is 7.98. The van der Waals surface area contributed by atoms with Crippen LogP contribution in [-0.2, 0) is 9.53 Å². The summed E-state index contributed by atoms with van der Waals surface area (Å²) in [7, 11) is 0. The molecule has 0 saturated heterocycles. The molecule has 3 aliphatic carbocycles. The van der Waals surface area contributed by atoms with Crippen LogP contribution in [0.4, 0.5) is 4.39 Å². The first-order valence-electron chi connectivity index (χ1n) is 14.6. The van der Waals surface area contributed by atoms with E-state index >= 15 is 0 Å². The highest BCUT2D eigenvalue weighted by Crippen LogP contribution is 2.42.